The van der Waals surface area contributed by atoms with E-state index < -0.39 is 17.9 Å². The van der Waals surface area contributed by atoms with E-state index in [1.54, 1.807) is 6.92 Å². The monoisotopic (exact) mass is 188 g/mol. The molecule has 0 aliphatic rings. The van der Waals surface area contributed by atoms with Gasteiger partial charge in [0.15, 0.2) is 0 Å². The van der Waals surface area contributed by atoms with E-state index in [4.69, 9.17) is 5.11 Å². The number of carbonyl (C=O) groups excluding carboxylic acids is 1. The number of hydrogen-bond donors (Lipinski definition) is 1. The molecule has 0 rings (SSSR count). The topological polar surface area (TPSA) is 72.8 Å². The predicted molar refractivity (Wildman–Crippen MR) is 43.7 cm³/mol. The molecule has 0 aromatic carbocycles. The van der Waals surface area contributed by atoms with Crippen LogP contribution in [0, 0.1) is 5.92 Å². The van der Waals surface area contributed by atoms with Gasteiger partial charge in [-0.05, 0) is 13.8 Å². The fraction of sp³-hybridized carbons (Fsp3) is 0.500. The average molecular weight is 188 g/mol. The van der Waals surface area contributed by atoms with Crippen LogP contribution < -0.4 is 0 Å². The average Bonchev–Trinajstić information content (AvgIpc) is 2.11. The highest BCUT2D eigenvalue weighted by Crippen LogP contribution is 2.10. The van der Waals surface area contributed by atoms with Gasteiger partial charge in [0, 0.05) is 5.57 Å². The summed E-state index contributed by atoms with van der Waals surface area (Å²) in [6, 6.07) is 0. The Morgan fingerprint density at radius 1 is 1.54 bits per heavy atom. The minimum absolute atomic E-state index is 0.138. The maximum absolute atomic E-state index is 10.9. The molecule has 0 amide bonds. The van der Waals surface area contributed by atoms with Crippen LogP contribution in [0.1, 0.15) is 13.8 Å². The Kier molecular flexibility index (Phi) is 4.76. The second kappa shape index (κ2) is 5.31. The Hall–Kier alpha value is -1.36. The van der Waals surface area contributed by atoms with E-state index in [2.05, 4.69) is 16.4 Å². The van der Waals surface area contributed by atoms with Gasteiger partial charge in [0.25, 0.3) is 0 Å². The molecule has 1 unspecified atom stereocenters. The van der Waals surface area contributed by atoms with Crippen LogP contribution in [0.2, 0.25) is 0 Å². The lowest BCUT2D eigenvalue weighted by molar-refractivity contribution is -0.266. The van der Waals surface area contributed by atoms with E-state index in [0.717, 1.165) is 0 Å². The zero-order valence-electron chi connectivity index (χ0n) is 7.57. The molecule has 0 saturated carbocycles. The van der Waals surface area contributed by atoms with Gasteiger partial charge in [-0.25, -0.2) is 4.79 Å². The number of carboxylic acid groups (broad SMARTS) is 1. The van der Waals surface area contributed by atoms with Gasteiger partial charge < -0.3 is 5.11 Å². The van der Waals surface area contributed by atoms with E-state index in [0.29, 0.717) is 0 Å². The van der Waals surface area contributed by atoms with Gasteiger partial charge in [-0.1, -0.05) is 6.58 Å². The minimum atomic E-state index is -1.13. The highest BCUT2D eigenvalue weighted by atomic mass is 17.2. The first-order chi connectivity index (χ1) is 6.00. The molecule has 0 bridgehead atoms. The van der Waals surface area contributed by atoms with Crippen molar-refractivity contribution in [3.63, 3.8) is 0 Å². The van der Waals surface area contributed by atoms with Gasteiger partial charge in [0.1, 0.15) is 0 Å². The molecule has 0 radical (unpaired) electrons. The lowest BCUT2D eigenvalue weighted by Gasteiger charge is -2.07. The minimum Gasteiger partial charge on any atom is -0.481 e. The van der Waals surface area contributed by atoms with Crippen LogP contribution in [-0.4, -0.2) is 23.7 Å². The Balaban J connectivity index is 4.10. The normalized spacial score (nSPS) is 11.8. The zero-order chi connectivity index (χ0) is 10.4. The lowest BCUT2D eigenvalue weighted by atomic mass is 10.0. The van der Waals surface area contributed by atoms with Gasteiger partial charge in [-0.2, -0.15) is 4.89 Å². The predicted octanol–water partition coefficient (Wildman–Crippen LogP) is 0.758. The molecule has 1 atom stereocenters. The summed E-state index contributed by atoms with van der Waals surface area (Å²) in [7, 11) is 0. The lowest BCUT2D eigenvalue weighted by Crippen LogP contribution is -2.19. The highest BCUT2D eigenvalue weighted by Gasteiger charge is 2.22. The first-order valence-electron chi connectivity index (χ1n) is 3.76. The molecule has 5 heteroatoms. The molecule has 0 aromatic rings. The standard InChI is InChI=1S/C8H12O5/c1-4-12-13-8(11)6(3)5(2)7(9)10/h5H,3-4H2,1-2H3,(H,9,10). The molecule has 0 aliphatic heterocycles. The van der Waals surface area contributed by atoms with Crippen molar-refractivity contribution < 1.29 is 24.5 Å². The SMILES string of the molecule is C=C(C(=O)OOCC)C(C)C(=O)O. The third kappa shape index (κ3) is 3.71. The van der Waals surface area contributed by atoms with Crippen LogP contribution in [0.25, 0.3) is 0 Å². The van der Waals surface area contributed by atoms with Gasteiger partial charge in [-0.3, -0.25) is 9.68 Å². The highest BCUT2D eigenvalue weighted by molar-refractivity contribution is 5.93. The Bertz CT molecular complexity index is 221. The van der Waals surface area contributed by atoms with E-state index in [1.807, 2.05) is 0 Å². The molecule has 1 N–H and O–H groups in total. The smallest absolute Gasteiger partial charge is 0.369 e. The molecule has 5 nitrogen and oxygen atoms in total. The zero-order valence-corrected chi connectivity index (χ0v) is 7.57. The van der Waals surface area contributed by atoms with Gasteiger partial charge in [-0.15, -0.1) is 0 Å². The van der Waals surface area contributed by atoms with E-state index in [9.17, 15) is 9.59 Å². The van der Waals surface area contributed by atoms with Crippen molar-refractivity contribution in [2.24, 2.45) is 5.92 Å². The maximum atomic E-state index is 10.9. The molecular weight excluding hydrogens is 176 g/mol. The maximum Gasteiger partial charge on any atom is 0.369 e. The Labute approximate surface area is 75.9 Å². The van der Waals surface area contributed by atoms with E-state index >= 15 is 0 Å². The van der Waals surface area contributed by atoms with Crippen molar-refractivity contribution in [2.45, 2.75) is 13.8 Å². The molecule has 13 heavy (non-hydrogen) atoms. The number of rotatable bonds is 5. The van der Waals surface area contributed by atoms with Crippen LogP contribution >= 0.6 is 0 Å². The fourth-order valence-electron chi connectivity index (χ4n) is 0.492. The number of carbonyl (C=O) groups is 2. The molecule has 0 heterocycles. The first-order valence-corrected chi connectivity index (χ1v) is 3.76. The summed E-state index contributed by atoms with van der Waals surface area (Å²) in [5, 5.41) is 8.52. The molecular formula is C8H12O5. The van der Waals surface area contributed by atoms with Crippen LogP contribution in [0.4, 0.5) is 0 Å². The fourth-order valence-corrected chi connectivity index (χ4v) is 0.492. The molecule has 0 aliphatic carbocycles. The summed E-state index contributed by atoms with van der Waals surface area (Å²) in [6.07, 6.45) is 0. The summed E-state index contributed by atoms with van der Waals surface area (Å²) in [4.78, 5) is 29.9. The van der Waals surface area contributed by atoms with Gasteiger partial charge in [0.2, 0.25) is 0 Å². The largest absolute Gasteiger partial charge is 0.481 e. The summed E-state index contributed by atoms with van der Waals surface area (Å²) in [5.41, 5.74) is -0.138. The molecule has 74 valence electrons. The molecule has 0 saturated heterocycles. The van der Waals surface area contributed by atoms with Crippen molar-refractivity contribution in [1.29, 1.82) is 0 Å². The van der Waals surface area contributed by atoms with Crippen LogP contribution in [0.5, 0.6) is 0 Å². The van der Waals surface area contributed by atoms with Crippen molar-refractivity contribution >= 4 is 11.9 Å². The van der Waals surface area contributed by atoms with Crippen molar-refractivity contribution in [3.8, 4) is 0 Å². The second-order valence-electron chi connectivity index (χ2n) is 2.36. The van der Waals surface area contributed by atoms with Gasteiger partial charge in [0.05, 0.1) is 12.5 Å². The summed E-state index contributed by atoms with van der Waals surface area (Å²) in [6.45, 7) is 6.48. The third-order valence-electron chi connectivity index (χ3n) is 1.41. The van der Waals surface area contributed by atoms with Crippen molar-refractivity contribution in [1.82, 2.24) is 0 Å². The van der Waals surface area contributed by atoms with Crippen LogP contribution in [0.3, 0.4) is 0 Å². The number of hydrogen-bond acceptors (Lipinski definition) is 4. The van der Waals surface area contributed by atoms with E-state index in [-0.39, 0.29) is 12.2 Å². The molecule has 0 aromatic heterocycles. The molecule has 0 spiro atoms. The Morgan fingerprint density at radius 2 is 2.08 bits per heavy atom. The van der Waals surface area contributed by atoms with Crippen LogP contribution in [0.15, 0.2) is 12.2 Å². The van der Waals surface area contributed by atoms with E-state index in [1.165, 1.54) is 6.92 Å². The Morgan fingerprint density at radius 3 is 2.46 bits per heavy atom. The second-order valence-corrected chi connectivity index (χ2v) is 2.36. The van der Waals surface area contributed by atoms with Crippen molar-refractivity contribution in [2.75, 3.05) is 6.61 Å². The number of aliphatic carboxylic acids is 1. The van der Waals surface area contributed by atoms with Crippen molar-refractivity contribution in [3.05, 3.63) is 12.2 Å². The third-order valence-corrected chi connectivity index (χ3v) is 1.41. The number of carboxylic acids is 1. The summed E-state index contributed by atoms with van der Waals surface area (Å²) >= 11 is 0. The van der Waals surface area contributed by atoms with Crippen LogP contribution in [-0.2, 0) is 19.4 Å². The first kappa shape index (κ1) is 11.6. The quantitative estimate of drug-likeness (QED) is 0.391. The van der Waals surface area contributed by atoms with Gasteiger partial charge >= 0.3 is 11.9 Å². The summed E-state index contributed by atoms with van der Waals surface area (Å²) in [5.74, 6) is -2.94. The molecule has 0 fully saturated rings. The summed E-state index contributed by atoms with van der Waals surface area (Å²) < 4.78 is 0.